The van der Waals surface area contributed by atoms with Crippen LogP contribution in [0, 0.1) is 0 Å². The van der Waals surface area contributed by atoms with Crippen LogP contribution < -0.4 is 0 Å². The normalized spacial score (nSPS) is 15.7. The molecule has 4 aromatic heterocycles. The molecule has 2 aliphatic heterocycles. The number of amides is 2. The lowest BCUT2D eigenvalue weighted by atomic mass is 9.90. The van der Waals surface area contributed by atoms with Crippen LogP contribution in [0.2, 0.25) is 0 Å². The summed E-state index contributed by atoms with van der Waals surface area (Å²) in [5.41, 5.74) is 2.18. The molecule has 2 aliphatic rings. The number of carbonyl (C=O) groups is 2. The summed E-state index contributed by atoms with van der Waals surface area (Å²) in [4.78, 5) is 27.3. The van der Waals surface area contributed by atoms with Crippen molar-refractivity contribution in [3.05, 3.63) is 59.3 Å². The molecule has 6 heterocycles. The van der Waals surface area contributed by atoms with Crippen molar-refractivity contribution < 1.29 is 19.1 Å². The maximum atomic E-state index is 12.1. The van der Waals surface area contributed by atoms with Gasteiger partial charge in [0.05, 0.1) is 0 Å². The summed E-state index contributed by atoms with van der Waals surface area (Å²) < 4.78 is 16.2. The van der Waals surface area contributed by atoms with E-state index in [0.29, 0.717) is 9.84 Å². The van der Waals surface area contributed by atoms with E-state index in [1.54, 1.807) is 22.5 Å². The largest absolute Gasteiger partial charge is 0.444 e. The molecule has 0 bridgehead atoms. The average Bonchev–Trinajstić information content (AvgIpc) is 3.65. The van der Waals surface area contributed by atoms with Crippen LogP contribution in [0.4, 0.5) is 9.59 Å². The molecule has 0 aliphatic carbocycles. The van der Waals surface area contributed by atoms with Crippen LogP contribution in [0.15, 0.2) is 53.8 Å². The number of ether oxygens (including phenoxy) is 2. The predicted octanol–water partition coefficient (Wildman–Crippen LogP) is 8.43. The van der Waals surface area contributed by atoms with Crippen molar-refractivity contribution in [3.8, 4) is 0 Å². The van der Waals surface area contributed by atoms with E-state index in [1.165, 1.54) is 5.56 Å². The molecule has 48 heavy (non-hydrogen) atoms. The van der Waals surface area contributed by atoms with Gasteiger partial charge in [-0.3, -0.25) is 8.80 Å². The number of carbonyl (C=O) groups excluding carboxylic acids is 2. The van der Waals surface area contributed by atoms with Gasteiger partial charge in [-0.15, -0.1) is 20.4 Å². The molecule has 14 heteroatoms. The fraction of sp³-hybridized carbons (Fsp3) is 0.588. The van der Waals surface area contributed by atoms with Crippen molar-refractivity contribution in [1.82, 2.24) is 39.0 Å². The Morgan fingerprint density at radius 1 is 0.750 bits per heavy atom. The molecule has 2 amide bonds. The van der Waals surface area contributed by atoms with E-state index in [-0.39, 0.29) is 32.6 Å². The van der Waals surface area contributed by atoms with Gasteiger partial charge >= 0.3 is 12.2 Å². The molecule has 0 saturated carbocycles. The highest BCUT2D eigenvalue weighted by atomic mass is 127. The van der Waals surface area contributed by atoms with Gasteiger partial charge in [-0.2, -0.15) is 0 Å². The molecule has 0 unspecified atom stereocenters. The first kappa shape index (κ1) is 41.2. The Labute approximate surface area is 307 Å². The first-order valence-electron chi connectivity index (χ1n) is 15.5. The standard InChI is InChI=1S/C16H22N4O2.C10H18INO2.C6H4BrN3.2CH4/c1-16(2,3)22-15(21)19-7-4-12(5-8-19)13-6-9-20-11-17-18-14(20)10-13;1-10(2,3)14-9(13)12-6-4-8(11)5-7-12;7-5-1-2-10-4-8-9-6(10)3-5;;/h6,9-12H,4-5,7-8H2,1-3H3;8H,4-7H2,1-3H3;1-4H;2*1H4. The zero-order chi connectivity index (χ0) is 33.5. The summed E-state index contributed by atoms with van der Waals surface area (Å²) in [5.74, 6) is 0.459. The second-order valence-electron chi connectivity index (χ2n) is 13.4. The summed E-state index contributed by atoms with van der Waals surface area (Å²) in [7, 11) is 0. The van der Waals surface area contributed by atoms with Gasteiger partial charge in [0, 0.05) is 47.0 Å². The first-order chi connectivity index (χ1) is 21.7. The van der Waals surface area contributed by atoms with Crippen molar-refractivity contribution in [2.75, 3.05) is 26.2 Å². The maximum Gasteiger partial charge on any atom is 0.410 e. The predicted molar refractivity (Wildman–Crippen MR) is 202 cm³/mol. The van der Waals surface area contributed by atoms with Gasteiger partial charge in [0.25, 0.3) is 0 Å². The molecule has 4 aromatic rings. The number of pyridine rings is 2. The van der Waals surface area contributed by atoms with E-state index in [2.05, 4.69) is 71.0 Å². The molecule has 0 N–H and O–H groups in total. The number of alkyl halides is 1. The van der Waals surface area contributed by atoms with Gasteiger partial charge in [-0.1, -0.05) is 53.4 Å². The minimum Gasteiger partial charge on any atom is -0.444 e. The first-order valence-corrected chi connectivity index (χ1v) is 17.5. The van der Waals surface area contributed by atoms with Gasteiger partial charge < -0.3 is 19.3 Å². The molecule has 266 valence electrons. The van der Waals surface area contributed by atoms with Crippen LogP contribution in [0.3, 0.4) is 0 Å². The minimum absolute atomic E-state index is 0. The Balaban J connectivity index is 0.000000265. The minimum atomic E-state index is -0.438. The number of likely N-dealkylation sites (tertiary alicyclic amines) is 2. The topological polar surface area (TPSA) is 119 Å². The van der Waals surface area contributed by atoms with Crippen LogP contribution in [0.25, 0.3) is 11.3 Å². The van der Waals surface area contributed by atoms with E-state index in [4.69, 9.17) is 9.47 Å². The van der Waals surface area contributed by atoms with Gasteiger partial charge in [-0.05, 0) is 103 Å². The Morgan fingerprint density at radius 3 is 1.67 bits per heavy atom. The lowest BCUT2D eigenvalue weighted by Gasteiger charge is -2.33. The number of piperidine rings is 2. The molecular formula is C34H52BrIN8O4. The number of nitrogens with zero attached hydrogens (tertiary/aromatic N) is 8. The number of fused-ring (bicyclic) bond motifs is 2. The van der Waals surface area contributed by atoms with Crippen molar-refractivity contribution in [2.24, 2.45) is 0 Å². The SMILES string of the molecule is Brc1ccn2cnnc2c1.C.C.CC(C)(C)OC(=O)N1CCC(I)CC1.CC(C)(C)OC(=O)N1CCC(c2ccn3cnnc3c2)CC1. The van der Waals surface area contributed by atoms with Crippen molar-refractivity contribution in [2.45, 2.75) is 103 Å². The van der Waals surface area contributed by atoms with Crippen LogP contribution in [0.1, 0.15) is 93.6 Å². The summed E-state index contributed by atoms with van der Waals surface area (Å²) in [5, 5.41) is 15.6. The fourth-order valence-electron chi connectivity index (χ4n) is 4.96. The van der Waals surface area contributed by atoms with Crippen molar-refractivity contribution >= 4 is 62.0 Å². The lowest BCUT2D eigenvalue weighted by Crippen LogP contribution is -2.41. The third-order valence-electron chi connectivity index (χ3n) is 7.28. The molecular weight excluding hydrogens is 791 g/mol. The molecule has 2 fully saturated rings. The van der Waals surface area contributed by atoms with Crippen molar-refractivity contribution in [1.29, 1.82) is 0 Å². The third-order valence-corrected chi connectivity index (χ3v) is 9.02. The van der Waals surface area contributed by atoms with E-state index < -0.39 is 5.60 Å². The van der Waals surface area contributed by atoms with E-state index in [9.17, 15) is 9.59 Å². The smallest absolute Gasteiger partial charge is 0.410 e. The fourth-order valence-corrected chi connectivity index (χ4v) is 5.84. The maximum absolute atomic E-state index is 12.1. The summed E-state index contributed by atoms with van der Waals surface area (Å²) in [6, 6.07) is 8.05. The van der Waals surface area contributed by atoms with Crippen LogP contribution >= 0.6 is 38.5 Å². The van der Waals surface area contributed by atoms with Gasteiger partial charge in [0.15, 0.2) is 11.3 Å². The summed E-state index contributed by atoms with van der Waals surface area (Å²) in [6.45, 7) is 14.5. The molecule has 12 nitrogen and oxygen atoms in total. The summed E-state index contributed by atoms with van der Waals surface area (Å²) >= 11 is 5.78. The number of hydrogen-bond acceptors (Lipinski definition) is 8. The molecule has 0 spiro atoms. The lowest BCUT2D eigenvalue weighted by molar-refractivity contribution is 0.0200. The summed E-state index contributed by atoms with van der Waals surface area (Å²) in [6.07, 6.45) is 10.9. The second kappa shape index (κ2) is 18.1. The van der Waals surface area contributed by atoms with E-state index in [0.717, 1.165) is 67.6 Å². The molecule has 0 atom stereocenters. The van der Waals surface area contributed by atoms with Gasteiger partial charge in [0.2, 0.25) is 0 Å². The molecule has 0 radical (unpaired) electrons. The Kier molecular flexibility index (Phi) is 15.5. The van der Waals surface area contributed by atoms with Crippen molar-refractivity contribution in [3.63, 3.8) is 0 Å². The van der Waals surface area contributed by atoms with Gasteiger partial charge in [0.1, 0.15) is 23.9 Å². The monoisotopic (exact) mass is 842 g/mol. The highest BCUT2D eigenvalue weighted by Gasteiger charge is 2.28. The van der Waals surface area contributed by atoms with Gasteiger partial charge in [-0.25, -0.2) is 9.59 Å². The van der Waals surface area contributed by atoms with Crippen LogP contribution in [-0.4, -0.2) is 92.5 Å². The highest BCUT2D eigenvalue weighted by molar-refractivity contribution is 14.1. The Hall–Kier alpha value is -3.01. The third kappa shape index (κ3) is 12.8. The Morgan fingerprint density at radius 2 is 1.19 bits per heavy atom. The molecule has 6 rings (SSSR count). The van der Waals surface area contributed by atoms with Crippen LogP contribution in [0.5, 0.6) is 0 Å². The molecule has 2 saturated heterocycles. The second-order valence-corrected chi connectivity index (χ2v) is 16.1. The Bertz CT molecular complexity index is 1580. The molecule has 0 aromatic carbocycles. The quantitative estimate of drug-likeness (QED) is 0.139. The number of aromatic nitrogens is 6. The zero-order valence-electron chi connectivity index (χ0n) is 27.4. The number of hydrogen-bond donors (Lipinski definition) is 0. The average molecular weight is 844 g/mol. The van der Waals surface area contributed by atoms with Crippen LogP contribution in [-0.2, 0) is 9.47 Å². The van der Waals surface area contributed by atoms with E-state index >= 15 is 0 Å². The number of rotatable bonds is 1. The highest BCUT2D eigenvalue weighted by Crippen LogP contribution is 2.29. The van der Waals surface area contributed by atoms with E-state index in [1.807, 2.05) is 74.9 Å². The zero-order valence-corrected chi connectivity index (χ0v) is 31.1. The number of halogens is 2.